The van der Waals surface area contributed by atoms with Gasteiger partial charge < -0.3 is 14.5 Å². The van der Waals surface area contributed by atoms with Crippen molar-refractivity contribution < 1.29 is 14.5 Å². The predicted molar refractivity (Wildman–Crippen MR) is 107 cm³/mol. The van der Waals surface area contributed by atoms with Crippen LogP contribution in [0.5, 0.6) is 5.75 Å². The van der Waals surface area contributed by atoms with E-state index in [1.807, 2.05) is 4.90 Å². The SMILES string of the molecule is COc1ccc(Br)c(C(=O)N2CCN(c3ccc(Cl)cc3[N+](=O)[O-])CC2)c1. The number of halogens is 2. The number of piperazine rings is 1. The van der Waals surface area contributed by atoms with Crippen molar-refractivity contribution in [3.05, 3.63) is 61.6 Å². The molecule has 27 heavy (non-hydrogen) atoms. The number of rotatable bonds is 4. The maximum atomic E-state index is 12.8. The second-order valence-corrected chi connectivity index (χ2v) is 7.31. The number of carbonyl (C=O) groups excluding carboxylic acids is 1. The highest BCUT2D eigenvalue weighted by atomic mass is 79.9. The van der Waals surface area contributed by atoms with Crippen LogP contribution in [0, 0.1) is 10.1 Å². The molecule has 7 nitrogen and oxygen atoms in total. The Kier molecular flexibility index (Phi) is 5.86. The number of nitrogens with zero attached hydrogens (tertiary/aromatic N) is 3. The highest BCUT2D eigenvalue weighted by molar-refractivity contribution is 9.10. The van der Waals surface area contributed by atoms with Gasteiger partial charge >= 0.3 is 0 Å². The minimum atomic E-state index is -0.438. The Morgan fingerprint density at radius 2 is 1.89 bits per heavy atom. The molecule has 1 aliphatic heterocycles. The summed E-state index contributed by atoms with van der Waals surface area (Å²) >= 11 is 9.29. The lowest BCUT2D eigenvalue weighted by atomic mass is 10.1. The van der Waals surface area contributed by atoms with Crippen LogP contribution in [0.2, 0.25) is 5.02 Å². The lowest BCUT2D eigenvalue weighted by molar-refractivity contribution is -0.384. The van der Waals surface area contributed by atoms with Gasteiger partial charge in [0.05, 0.1) is 17.6 Å². The van der Waals surface area contributed by atoms with Gasteiger partial charge in [0.25, 0.3) is 11.6 Å². The van der Waals surface area contributed by atoms with Crippen molar-refractivity contribution >= 4 is 44.8 Å². The first-order valence-corrected chi connectivity index (χ1v) is 9.39. The van der Waals surface area contributed by atoms with Crippen molar-refractivity contribution in [3.8, 4) is 5.75 Å². The summed E-state index contributed by atoms with van der Waals surface area (Å²) in [4.78, 5) is 27.4. The Labute approximate surface area is 169 Å². The molecule has 0 aliphatic carbocycles. The molecule has 1 aliphatic rings. The molecule has 142 valence electrons. The molecule has 0 atom stereocenters. The van der Waals surface area contributed by atoms with Gasteiger partial charge in [0.1, 0.15) is 11.4 Å². The largest absolute Gasteiger partial charge is 0.497 e. The van der Waals surface area contributed by atoms with E-state index in [2.05, 4.69) is 15.9 Å². The number of methoxy groups -OCH3 is 1. The number of amides is 1. The van der Waals surface area contributed by atoms with E-state index >= 15 is 0 Å². The Hall–Kier alpha value is -2.32. The van der Waals surface area contributed by atoms with Crippen LogP contribution in [0.3, 0.4) is 0 Å². The second-order valence-electron chi connectivity index (χ2n) is 6.02. The van der Waals surface area contributed by atoms with Crippen molar-refractivity contribution in [3.63, 3.8) is 0 Å². The van der Waals surface area contributed by atoms with Crippen molar-refractivity contribution in [2.24, 2.45) is 0 Å². The summed E-state index contributed by atoms with van der Waals surface area (Å²) in [5.41, 5.74) is 1.01. The third-order valence-corrected chi connectivity index (χ3v) is 5.37. The Bertz CT molecular complexity index is 885. The van der Waals surface area contributed by atoms with E-state index in [1.165, 1.54) is 6.07 Å². The van der Waals surface area contributed by atoms with Gasteiger partial charge in [0.2, 0.25) is 0 Å². The monoisotopic (exact) mass is 453 g/mol. The van der Waals surface area contributed by atoms with E-state index in [4.69, 9.17) is 16.3 Å². The summed E-state index contributed by atoms with van der Waals surface area (Å²) in [5.74, 6) is 0.503. The molecule has 1 fully saturated rings. The lowest BCUT2D eigenvalue weighted by Gasteiger charge is -2.36. The first kappa shape index (κ1) is 19.4. The molecule has 0 aromatic heterocycles. The van der Waals surface area contributed by atoms with Gasteiger partial charge in [-0.25, -0.2) is 0 Å². The van der Waals surface area contributed by atoms with E-state index in [9.17, 15) is 14.9 Å². The fourth-order valence-corrected chi connectivity index (χ4v) is 3.61. The third kappa shape index (κ3) is 4.17. The lowest BCUT2D eigenvalue weighted by Crippen LogP contribution is -2.49. The average molecular weight is 455 g/mol. The van der Waals surface area contributed by atoms with Crippen LogP contribution in [0.15, 0.2) is 40.9 Å². The number of nitro groups is 1. The number of benzene rings is 2. The van der Waals surface area contributed by atoms with E-state index in [0.29, 0.717) is 52.7 Å². The van der Waals surface area contributed by atoms with Crippen LogP contribution in [-0.4, -0.2) is 49.0 Å². The highest BCUT2D eigenvalue weighted by Crippen LogP contribution is 2.32. The number of anilines is 1. The van der Waals surface area contributed by atoms with Crippen molar-refractivity contribution in [1.29, 1.82) is 0 Å². The van der Waals surface area contributed by atoms with Gasteiger partial charge in [-0.2, -0.15) is 0 Å². The summed E-state index contributed by atoms with van der Waals surface area (Å²) in [6.45, 7) is 1.91. The Morgan fingerprint density at radius 1 is 1.19 bits per heavy atom. The standard InChI is InChI=1S/C18H17BrClN3O4/c1-27-13-3-4-15(19)14(11-13)18(24)22-8-6-21(7-9-22)16-5-2-12(20)10-17(16)23(25)26/h2-5,10-11H,6-9H2,1H3. The van der Waals surface area contributed by atoms with Crippen LogP contribution in [0.25, 0.3) is 0 Å². The minimum Gasteiger partial charge on any atom is -0.497 e. The van der Waals surface area contributed by atoms with Crippen molar-refractivity contribution in [2.45, 2.75) is 0 Å². The summed E-state index contributed by atoms with van der Waals surface area (Å²) in [5, 5.41) is 11.6. The Balaban J connectivity index is 1.74. The molecule has 1 amide bonds. The molecule has 1 saturated heterocycles. The fourth-order valence-electron chi connectivity index (χ4n) is 3.03. The summed E-state index contributed by atoms with van der Waals surface area (Å²) in [7, 11) is 1.55. The number of hydrogen-bond acceptors (Lipinski definition) is 5. The van der Waals surface area contributed by atoms with Crippen molar-refractivity contribution in [2.75, 3.05) is 38.2 Å². The van der Waals surface area contributed by atoms with Gasteiger partial charge in [-0.15, -0.1) is 0 Å². The van der Waals surface area contributed by atoms with E-state index in [1.54, 1.807) is 42.3 Å². The fraction of sp³-hybridized carbons (Fsp3) is 0.278. The molecule has 2 aromatic carbocycles. The van der Waals surface area contributed by atoms with E-state index < -0.39 is 4.92 Å². The maximum absolute atomic E-state index is 12.8. The molecular weight excluding hydrogens is 438 g/mol. The smallest absolute Gasteiger partial charge is 0.294 e. The van der Waals surface area contributed by atoms with Gasteiger partial charge in [0, 0.05) is 41.7 Å². The molecule has 2 aromatic rings. The normalized spacial score (nSPS) is 14.2. The van der Waals surface area contributed by atoms with Crippen LogP contribution >= 0.6 is 27.5 Å². The zero-order chi connectivity index (χ0) is 19.6. The number of hydrogen-bond donors (Lipinski definition) is 0. The third-order valence-electron chi connectivity index (χ3n) is 4.45. The summed E-state index contributed by atoms with van der Waals surface area (Å²) in [6, 6.07) is 9.88. The zero-order valence-corrected chi connectivity index (χ0v) is 16.9. The maximum Gasteiger partial charge on any atom is 0.294 e. The molecule has 3 rings (SSSR count). The van der Waals surface area contributed by atoms with Crippen LogP contribution in [0.1, 0.15) is 10.4 Å². The molecule has 0 unspecified atom stereocenters. The van der Waals surface area contributed by atoms with Gasteiger partial charge in [-0.3, -0.25) is 14.9 Å². The topological polar surface area (TPSA) is 75.9 Å². The quantitative estimate of drug-likeness (QED) is 0.516. The molecule has 0 spiro atoms. The molecule has 9 heteroatoms. The molecule has 0 saturated carbocycles. The first-order valence-electron chi connectivity index (χ1n) is 8.22. The molecule has 0 N–H and O–H groups in total. The average Bonchev–Trinajstić information content (AvgIpc) is 2.68. The summed E-state index contributed by atoms with van der Waals surface area (Å²) in [6.07, 6.45) is 0. The minimum absolute atomic E-state index is 0.0298. The molecule has 0 radical (unpaired) electrons. The zero-order valence-electron chi connectivity index (χ0n) is 14.5. The molecular formula is C18H17BrClN3O4. The van der Waals surface area contributed by atoms with Gasteiger partial charge in [0.15, 0.2) is 0 Å². The van der Waals surface area contributed by atoms with Gasteiger partial charge in [-0.05, 0) is 46.3 Å². The van der Waals surface area contributed by atoms with Crippen LogP contribution in [0.4, 0.5) is 11.4 Å². The predicted octanol–water partition coefficient (Wildman–Crippen LogP) is 3.98. The Morgan fingerprint density at radius 3 is 2.52 bits per heavy atom. The van der Waals surface area contributed by atoms with Gasteiger partial charge in [-0.1, -0.05) is 11.6 Å². The second kappa shape index (κ2) is 8.14. The molecule has 0 bridgehead atoms. The van der Waals surface area contributed by atoms with E-state index in [-0.39, 0.29) is 11.6 Å². The number of nitro benzene ring substituents is 1. The van der Waals surface area contributed by atoms with E-state index in [0.717, 1.165) is 0 Å². The van der Waals surface area contributed by atoms with Crippen LogP contribution < -0.4 is 9.64 Å². The molecule has 1 heterocycles. The van der Waals surface area contributed by atoms with Crippen LogP contribution in [-0.2, 0) is 0 Å². The number of ether oxygens (including phenoxy) is 1. The number of carbonyl (C=O) groups is 1. The van der Waals surface area contributed by atoms with Crippen molar-refractivity contribution in [1.82, 2.24) is 4.90 Å². The summed E-state index contributed by atoms with van der Waals surface area (Å²) < 4.78 is 5.89. The first-order chi connectivity index (χ1) is 12.9. The highest BCUT2D eigenvalue weighted by Gasteiger charge is 2.27.